The van der Waals surface area contributed by atoms with E-state index in [4.69, 9.17) is 4.74 Å². The van der Waals surface area contributed by atoms with Crippen molar-refractivity contribution in [2.24, 2.45) is 0 Å². The van der Waals surface area contributed by atoms with Crippen LogP contribution in [0.4, 0.5) is 0 Å². The number of amides is 1. The van der Waals surface area contributed by atoms with E-state index in [1.165, 1.54) is 5.56 Å². The molecule has 4 rings (SSSR count). The van der Waals surface area contributed by atoms with Crippen LogP contribution in [0.5, 0.6) is 5.75 Å². The van der Waals surface area contributed by atoms with Gasteiger partial charge in [0, 0.05) is 47.9 Å². The molecule has 2 atom stereocenters. The van der Waals surface area contributed by atoms with Crippen LogP contribution in [0.25, 0.3) is 11.1 Å². The van der Waals surface area contributed by atoms with Gasteiger partial charge in [-0.05, 0) is 23.8 Å². The van der Waals surface area contributed by atoms with Crippen LogP contribution in [0.15, 0.2) is 60.9 Å². The number of nitrogens with one attached hydrogen (secondary N) is 3. The number of aromatic nitrogens is 2. The van der Waals surface area contributed by atoms with Crippen LogP contribution in [-0.4, -0.2) is 42.3 Å². The summed E-state index contributed by atoms with van der Waals surface area (Å²) in [7, 11) is 1.60. The summed E-state index contributed by atoms with van der Waals surface area (Å²) in [6.45, 7) is 1.62. The number of carbonyl (C=O) groups excluding carboxylic acids is 1. The Morgan fingerprint density at radius 1 is 1.19 bits per heavy atom. The van der Waals surface area contributed by atoms with Crippen molar-refractivity contribution in [3.05, 3.63) is 72.1 Å². The molecule has 2 aromatic carbocycles. The molecular formula is C21H22N4O2. The second-order valence-corrected chi connectivity index (χ2v) is 6.66. The third kappa shape index (κ3) is 3.57. The Morgan fingerprint density at radius 3 is 2.78 bits per heavy atom. The van der Waals surface area contributed by atoms with E-state index < -0.39 is 0 Å². The Morgan fingerprint density at radius 2 is 2.04 bits per heavy atom. The topological polar surface area (TPSA) is 79.0 Å². The summed E-state index contributed by atoms with van der Waals surface area (Å²) in [5.41, 5.74) is 3.63. The van der Waals surface area contributed by atoms with Crippen molar-refractivity contribution in [2.45, 2.75) is 12.0 Å². The molecule has 27 heavy (non-hydrogen) atoms. The quantitative estimate of drug-likeness (QED) is 0.652. The van der Waals surface area contributed by atoms with Gasteiger partial charge in [-0.2, -0.15) is 5.10 Å². The van der Waals surface area contributed by atoms with Gasteiger partial charge in [-0.25, -0.2) is 0 Å². The molecule has 1 aliphatic rings. The number of hydrogen-bond acceptors (Lipinski definition) is 4. The van der Waals surface area contributed by atoms with E-state index in [1.54, 1.807) is 25.6 Å². The van der Waals surface area contributed by atoms with Gasteiger partial charge in [0.2, 0.25) is 0 Å². The zero-order chi connectivity index (χ0) is 18.6. The molecule has 1 aliphatic heterocycles. The van der Waals surface area contributed by atoms with Gasteiger partial charge in [0.05, 0.1) is 13.3 Å². The van der Waals surface area contributed by atoms with Crippen LogP contribution in [0.3, 0.4) is 0 Å². The standard InChI is InChI=1S/C21H22N4O2/c1-27-20-9-15(7-8-17(20)16-10-23-24-11-16)21(26)25-19-13-22-12-18(19)14-5-3-2-4-6-14/h2-11,18-19,22H,12-13H2,1H3,(H,23,24)(H,25,26)/t18-,19+/m1/s1. The molecule has 0 aliphatic carbocycles. The highest BCUT2D eigenvalue weighted by molar-refractivity contribution is 5.96. The number of rotatable bonds is 5. The van der Waals surface area contributed by atoms with Crippen LogP contribution in [0, 0.1) is 0 Å². The molecule has 6 heteroatoms. The average Bonchev–Trinajstić information content (AvgIpc) is 3.40. The van der Waals surface area contributed by atoms with Gasteiger partial charge in [-0.1, -0.05) is 30.3 Å². The van der Waals surface area contributed by atoms with Gasteiger partial charge in [0.1, 0.15) is 5.75 Å². The molecule has 0 radical (unpaired) electrons. The molecule has 1 aromatic heterocycles. The van der Waals surface area contributed by atoms with Gasteiger partial charge >= 0.3 is 0 Å². The van der Waals surface area contributed by atoms with Gasteiger partial charge in [-0.15, -0.1) is 0 Å². The minimum atomic E-state index is -0.0957. The maximum absolute atomic E-state index is 12.8. The fourth-order valence-corrected chi connectivity index (χ4v) is 3.60. The summed E-state index contributed by atoms with van der Waals surface area (Å²) in [4.78, 5) is 12.8. The molecule has 1 amide bonds. The molecule has 0 saturated carbocycles. The van der Waals surface area contributed by atoms with E-state index in [9.17, 15) is 4.79 Å². The van der Waals surface area contributed by atoms with E-state index in [2.05, 4.69) is 33.0 Å². The van der Waals surface area contributed by atoms with Crippen LogP contribution < -0.4 is 15.4 Å². The number of H-pyrrole nitrogens is 1. The minimum absolute atomic E-state index is 0.0550. The lowest BCUT2D eigenvalue weighted by Crippen LogP contribution is -2.39. The van der Waals surface area contributed by atoms with Gasteiger partial charge in [-0.3, -0.25) is 9.89 Å². The zero-order valence-electron chi connectivity index (χ0n) is 15.1. The van der Waals surface area contributed by atoms with Crippen molar-refractivity contribution in [3.8, 4) is 16.9 Å². The smallest absolute Gasteiger partial charge is 0.251 e. The molecule has 2 heterocycles. The maximum atomic E-state index is 12.8. The highest BCUT2D eigenvalue weighted by Crippen LogP contribution is 2.30. The first-order valence-corrected chi connectivity index (χ1v) is 9.00. The fourth-order valence-electron chi connectivity index (χ4n) is 3.60. The van der Waals surface area contributed by atoms with Crippen molar-refractivity contribution in [2.75, 3.05) is 20.2 Å². The van der Waals surface area contributed by atoms with E-state index in [1.807, 2.05) is 30.3 Å². The van der Waals surface area contributed by atoms with Crippen molar-refractivity contribution in [3.63, 3.8) is 0 Å². The molecule has 1 saturated heterocycles. The second kappa shape index (κ2) is 7.63. The lowest BCUT2D eigenvalue weighted by atomic mass is 9.94. The Hall–Kier alpha value is -3.12. The zero-order valence-corrected chi connectivity index (χ0v) is 15.1. The predicted molar refractivity (Wildman–Crippen MR) is 104 cm³/mol. The van der Waals surface area contributed by atoms with Gasteiger partial charge in [0.25, 0.3) is 5.91 Å². The number of aromatic amines is 1. The third-order valence-electron chi connectivity index (χ3n) is 5.03. The lowest BCUT2D eigenvalue weighted by Gasteiger charge is -2.20. The SMILES string of the molecule is COc1cc(C(=O)N[C@H]2CNC[C@@H]2c2ccccc2)ccc1-c1cn[nH]c1. The van der Waals surface area contributed by atoms with E-state index in [0.29, 0.717) is 11.3 Å². The largest absolute Gasteiger partial charge is 0.496 e. The Kier molecular flexibility index (Phi) is 4.89. The Balaban J connectivity index is 1.53. The first kappa shape index (κ1) is 17.3. The first-order chi connectivity index (χ1) is 13.3. The molecule has 0 unspecified atom stereocenters. The molecule has 0 spiro atoms. The average molecular weight is 362 g/mol. The van der Waals surface area contributed by atoms with Crippen LogP contribution in [0.1, 0.15) is 21.8 Å². The van der Waals surface area contributed by atoms with Crippen LogP contribution >= 0.6 is 0 Å². The molecule has 1 fully saturated rings. The molecule has 6 nitrogen and oxygen atoms in total. The van der Waals surface area contributed by atoms with Crippen molar-refractivity contribution >= 4 is 5.91 Å². The van der Waals surface area contributed by atoms with Gasteiger partial charge < -0.3 is 15.4 Å². The summed E-state index contributed by atoms with van der Waals surface area (Å²) in [6.07, 6.45) is 3.53. The molecule has 3 N–H and O–H groups in total. The van der Waals surface area contributed by atoms with Crippen molar-refractivity contribution < 1.29 is 9.53 Å². The van der Waals surface area contributed by atoms with E-state index >= 15 is 0 Å². The summed E-state index contributed by atoms with van der Waals surface area (Å²) >= 11 is 0. The van der Waals surface area contributed by atoms with Gasteiger partial charge in [0.15, 0.2) is 0 Å². The molecule has 0 bridgehead atoms. The van der Waals surface area contributed by atoms with Crippen molar-refractivity contribution in [1.82, 2.24) is 20.8 Å². The number of benzene rings is 2. The van der Waals surface area contributed by atoms with Crippen LogP contribution in [-0.2, 0) is 0 Å². The summed E-state index contributed by atoms with van der Waals surface area (Å²) in [6, 6.07) is 15.8. The first-order valence-electron chi connectivity index (χ1n) is 9.00. The fraction of sp³-hybridized carbons (Fsp3) is 0.238. The lowest BCUT2D eigenvalue weighted by molar-refractivity contribution is 0.0936. The normalized spacial score (nSPS) is 19.0. The van der Waals surface area contributed by atoms with Crippen molar-refractivity contribution in [1.29, 1.82) is 0 Å². The monoisotopic (exact) mass is 362 g/mol. The highest BCUT2D eigenvalue weighted by Gasteiger charge is 2.29. The maximum Gasteiger partial charge on any atom is 0.251 e. The number of ether oxygens (including phenoxy) is 1. The minimum Gasteiger partial charge on any atom is -0.496 e. The highest BCUT2D eigenvalue weighted by atomic mass is 16.5. The second-order valence-electron chi connectivity index (χ2n) is 6.66. The molecule has 138 valence electrons. The summed E-state index contributed by atoms with van der Waals surface area (Å²) in [5.74, 6) is 0.817. The number of hydrogen-bond donors (Lipinski definition) is 3. The summed E-state index contributed by atoms with van der Waals surface area (Å²) in [5, 5.41) is 13.3. The van der Waals surface area contributed by atoms with E-state index in [0.717, 1.165) is 24.2 Å². The number of nitrogens with zero attached hydrogens (tertiary/aromatic N) is 1. The predicted octanol–water partition coefficient (Wildman–Crippen LogP) is 2.57. The molecule has 3 aromatic rings. The molecular weight excluding hydrogens is 340 g/mol. The summed E-state index contributed by atoms with van der Waals surface area (Å²) < 4.78 is 5.49. The third-order valence-corrected chi connectivity index (χ3v) is 5.03. The Labute approximate surface area is 158 Å². The van der Waals surface area contributed by atoms with Crippen LogP contribution in [0.2, 0.25) is 0 Å². The number of carbonyl (C=O) groups is 1. The number of methoxy groups -OCH3 is 1. The Bertz CT molecular complexity index is 909. The van der Waals surface area contributed by atoms with E-state index in [-0.39, 0.29) is 17.9 Å².